The Morgan fingerprint density at radius 3 is 2.75 bits per heavy atom. The second kappa shape index (κ2) is 6.13. The summed E-state index contributed by atoms with van der Waals surface area (Å²) < 4.78 is 6.00. The average molecular weight is 342 g/mol. The van der Waals surface area contributed by atoms with Gasteiger partial charge in [-0.2, -0.15) is 5.10 Å². The molecule has 0 saturated carbocycles. The highest BCUT2D eigenvalue weighted by atomic mass is 32.1. The molecule has 0 radical (unpaired) electrons. The molecule has 2 heterocycles. The molecule has 0 bridgehead atoms. The van der Waals surface area contributed by atoms with E-state index < -0.39 is 5.97 Å². The van der Waals surface area contributed by atoms with Crippen LogP contribution in [0.15, 0.2) is 30.5 Å². The van der Waals surface area contributed by atoms with Gasteiger partial charge in [0.25, 0.3) is 0 Å². The van der Waals surface area contributed by atoms with Gasteiger partial charge in [0.2, 0.25) is 0 Å². The van der Waals surface area contributed by atoms with Crippen LogP contribution in [0.4, 0.5) is 0 Å². The van der Waals surface area contributed by atoms with E-state index >= 15 is 0 Å². The summed E-state index contributed by atoms with van der Waals surface area (Å²) >= 11 is 1.18. The van der Waals surface area contributed by atoms with Gasteiger partial charge in [0.1, 0.15) is 10.6 Å². The van der Waals surface area contributed by atoms with Crippen LogP contribution >= 0.6 is 11.3 Å². The summed E-state index contributed by atoms with van der Waals surface area (Å²) in [6, 6.07) is 7.71. The van der Waals surface area contributed by atoms with Crippen LogP contribution < -0.4 is 4.74 Å². The lowest BCUT2D eigenvalue weighted by molar-refractivity contribution is 0.0701. The van der Waals surface area contributed by atoms with Gasteiger partial charge in [-0.25, -0.2) is 4.79 Å². The molecule has 0 fully saturated rings. The quantitative estimate of drug-likeness (QED) is 0.725. The molecule has 0 atom stereocenters. The molecule has 6 heteroatoms. The summed E-state index contributed by atoms with van der Waals surface area (Å²) in [6.07, 6.45) is 3.28. The van der Waals surface area contributed by atoms with Gasteiger partial charge in [-0.3, -0.25) is 5.10 Å². The molecule has 0 aliphatic heterocycles. The van der Waals surface area contributed by atoms with Crippen LogP contribution in [-0.4, -0.2) is 21.3 Å². The number of aryl methyl sites for hydroxylation is 2. The molecular weight excluding hydrogens is 324 g/mol. The lowest BCUT2D eigenvalue weighted by Gasteiger charge is -2.14. The number of nitrogens with one attached hydrogen (secondary N) is 1. The molecule has 5 nitrogen and oxygen atoms in total. The fraction of sp³-hybridized carbons (Fsp3) is 0.222. The minimum atomic E-state index is -0.909. The summed E-state index contributed by atoms with van der Waals surface area (Å²) in [5.41, 5.74) is 4.79. The smallest absolute Gasteiger partial charge is 0.346 e. The SMILES string of the molecule is C.Cc1ccc(Oc2sc(C(=O)O)c3c2-c2[nH]ncc2CC3)cc1. The van der Waals surface area contributed by atoms with Crippen molar-refractivity contribution >= 4 is 17.3 Å². The largest absolute Gasteiger partial charge is 0.477 e. The highest BCUT2D eigenvalue weighted by Gasteiger charge is 2.30. The van der Waals surface area contributed by atoms with Crippen LogP contribution in [0.1, 0.15) is 33.8 Å². The zero-order chi connectivity index (χ0) is 16.0. The van der Waals surface area contributed by atoms with Crippen molar-refractivity contribution < 1.29 is 14.6 Å². The van der Waals surface area contributed by atoms with Gasteiger partial charge in [-0.15, -0.1) is 0 Å². The van der Waals surface area contributed by atoms with Crippen molar-refractivity contribution in [1.82, 2.24) is 10.2 Å². The molecule has 0 saturated heterocycles. The van der Waals surface area contributed by atoms with Crippen molar-refractivity contribution in [3.63, 3.8) is 0 Å². The second-order valence-electron chi connectivity index (χ2n) is 5.56. The van der Waals surface area contributed by atoms with Crippen LogP contribution in [-0.2, 0) is 12.8 Å². The van der Waals surface area contributed by atoms with Crippen LogP contribution in [0.25, 0.3) is 11.3 Å². The van der Waals surface area contributed by atoms with Gasteiger partial charge < -0.3 is 9.84 Å². The first-order chi connectivity index (χ1) is 11.1. The van der Waals surface area contributed by atoms with E-state index in [0.717, 1.165) is 34.4 Å². The molecular formula is C18H18N2O3S. The molecule has 3 aromatic rings. The molecule has 1 aromatic carbocycles. The van der Waals surface area contributed by atoms with E-state index in [-0.39, 0.29) is 7.43 Å². The number of aromatic carboxylic acids is 1. The molecule has 0 unspecified atom stereocenters. The Hall–Kier alpha value is -2.60. The number of carboxylic acid groups (broad SMARTS) is 1. The number of aromatic amines is 1. The third-order valence-electron chi connectivity index (χ3n) is 4.01. The number of fused-ring (bicyclic) bond motifs is 3. The summed E-state index contributed by atoms with van der Waals surface area (Å²) in [7, 11) is 0. The van der Waals surface area contributed by atoms with E-state index in [1.165, 1.54) is 11.3 Å². The van der Waals surface area contributed by atoms with Gasteiger partial charge >= 0.3 is 5.97 Å². The van der Waals surface area contributed by atoms with Crippen molar-refractivity contribution in [3.05, 3.63) is 52.0 Å². The lowest BCUT2D eigenvalue weighted by Crippen LogP contribution is -2.05. The number of ether oxygens (including phenoxy) is 1. The van der Waals surface area contributed by atoms with E-state index in [0.29, 0.717) is 22.1 Å². The molecule has 24 heavy (non-hydrogen) atoms. The van der Waals surface area contributed by atoms with Crippen molar-refractivity contribution in [2.75, 3.05) is 0 Å². The zero-order valence-electron chi connectivity index (χ0n) is 12.4. The van der Waals surface area contributed by atoms with Gasteiger partial charge in [0, 0.05) is 0 Å². The number of hydrogen-bond acceptors (Lipinski definition) is 4. The van der Waals surface area contributed by atoms with Gasteiger partial charge in [0.15, 0.2) is 5.06 Å². The zero-order valence-corrected chi connectivity index (χ0v) is 13.2. The molecule has 2 N–H and O–H groups in total. The Morgan fingerprint density at radius 1 is 1.29 bits per heavy atom. The van der Waals surface area contributed by atoms with Crippen molar-refractivity contribution in [2.24, 2.45) is 0 Å². The average Bonchev–Trinajstić information content (AvgIpc) is 3.13. The Balaban J connectivity index is 0.00000169. The predicted octanol–water partition coefficient (Wildman–Crippen LogP) is 4.67. The number of aromatic nitrogens is 2. The summed E-state index contributed by atoms with van der Waals surface area (Å²) in [5, 5.41) is 17.2. The fourth-order valence-electron chi connectivity index (χ4n) is 2.87. The first kappa shape index (κ1) is 16.3. The summed E-state index contributed by atoms with van der Waals surface area (Å²) in [6.45, 7) is 2.01. The number of hydrogen-bond donors (Lipinski definition) is 2. The number of benzene rings is 1. The maximum absolute atomic E-state index is 11.6. The monoisotopic (exact) mass is 342 g/mol. The third kappa shape index (κ3) is 2.59. The van der Waals surface area contributed by atoms with Crippen molar-refractivity contribution in [1.29, 1.82) is 0 Å². The molecule has 0 spiro atoms. The second-order valence-corrected chi connectivity index (χ2v) is 6.55. The summed E-state index contributed by atoms with van der Waals surface area (Å²) in [5.74, 6) is -0.212. The number of carbonyl (C=O) groups is 1. The Morgan fingerprint density at radius 2 is 2.04 bits per heavy atom. The molecule has 0 amide bonds. The maximum atomic E-state index is 11.6. The number of nitrogens with zero attached hydrogens (tertiary/aromatic N) is 1. The van der Waals surface area contributed by atoms with Crippen LogP contribution in [0.3, 0.4) is 0 Å². The van der Waals surface area contributed by atoms with E-state index in [2.05, 4.69) is 10.2 Å². The van der Waals surface area contributed by atoms with Crippen molar-refractivity contribution in [2.45, 2.75) is 27.2 Å². The number of H-pyrrole nitrogens is 1. The van der Waals surface area contributed by atoms with Gasteiger partial charge in [-0.05, 0) is 43.0 Å². The van der Waals surface area contributed by atoms with Crippen LogP contribution in [0.2, 0.25) is 0 Å². The Labute approximate surface area is 143 Å². The third-order valence-corrected chi connectivity index (χ3v) is 5.11. The normalized spacial score (nSPS) is 12.0. The highest BCUT2D eigenvalue weighted by molar-refractivity contribution is 7.16. The van der Waals surface area contributed by atoms with E-state index in [1.807, 2.05) is 31.2 Å². The van der Waals surface area contributed by atoms with Crippen LogP contribution in [0.5, 0.6) is 10.8 Å². The van der Waals surface area contributed by atoms with E-state index in [1.54, 1.807) is 6.20 Å². The molecule has 124 valence electrons. The molecule has 4 rings (SSSR count). The van der Waals surface area contributed by atoms with E-state index in [9.17, 15) is 9.90 Å². The number of rotatable bonds is 3. The molecule has 1 aliphatic carbocycles. The van der Waals surface area contributed by atoms with Crippen LogP contribution in [0, 0.1) is 6.92 Å². The Kier molecular flexibility index (Phi) is 4.15. The number of carboxylic acids is 1. The fourth-order valence-corrected chi connectivity index (χ4v) is 3.93. The topological polar surface area (TPSA) is 75.2 Å². The minimum absolute atomic E-state index is 0. The van der Waals surface area contributed by atoms with Gasteiger partial charge in [-0.1, -0.05) is 36.5 Å². The first-order valence-corrected chi connectivity index (χ1v) is 8.11. The number of thiophene rings is 1. The first-order valence-electron chi connectivity index (χ1n) is 7.29. The minimum Gasteiger partial charge on any atom is -0.477 e. The Bertz CT molecular complexity index is 894. The van der Waals surface area contributed by atoms with E-state index in [4.69, 9.17) is 4.74 Å². The highest BCUT2D eigenvalue weighted by Crippen LogP contribution is 2.47. The lowest BCUT2D eigenvalue weighted by atomic mass is 9.92. The standard InChI is InChI=1S/C17H14N2O3S.CH4/c1-9-2-5-11(6-3-9)22-17-13-12(15(23-17)16(20)21)7-4-10-8-18-19-14(10)13;/h2-3,5-6,8H,4,7H2,1H3,(H,18,19)(H,20,21);1H4. The summed E-state index contributed by atoms with van der Waals surface area (Å²) in [4.78, 5) is 11.9. The maximum Gasteiger partial charge on any atom is 0.346 e. The predicted molar refractivity (Wildman–Crippen MR) is 94.3 cm³/mol. The van der Waals surface area contributed by atoms with Gasteiger partial charge in [0.05, 0.1) is 17.5 Å². The molecule has 2 aromatic heterocycles. The van der Waals surface area contributed by atoms with Crippen molar-refractivity contribution in [3.8, 4) is 22.1 Å². The molecule has 1 aliphatic rings.